The minimum absolute atomic E-state index is 0.000610. The Morgan fingerprint density at radius 1 is 1.07 bits per heavy atom. The summed E-state index contributed by atoms with van der Waals surface area (Å²) >= 11 is 0. The number of carbonyl (C=O) groups is 2. The van der Waals surface area contributed by atoms with Crippen molar-refractivity contribution in [3.05, 3.63) is 35.9 Å². The zero-order chi connectivity index (χ0) is 22.0. The van der Waals surface area contributed by atoms with Crippen LogP contribution in [0.2, 0.25) is 0 Å². The van der Waals surface area contributed by atoms with E-state index in [1.807, 2.05) is 30.3 Å². The summed E-state index contributed by atoms with van der Waals surface area (Å²) in [4.78, 5) is 29.1. The third-order valence-corrected chi connectivity index (χ3v) is 5.47. The van der Waals surface area contributed by atoms with Crippen molar-refractivity contribution in [2.45, 2.75) is 69.7 Å². The molecule has 162 valence electrons. The molecule has 8 heteroatoms. The average molecular weight is 409 g/mol. The summed E-state index contributed by atoms with van der Waals surface area (Å²) in [5.41, 5.74) is -2.59. The van der Waals surface area contributed by atoms with Crippen molar-refractivity contribution in [2.24, 2.45) is 5.92 Å². The average Bonchev–Trinajstić information content (AvgIpc) is 2.58. The molecule has 1 aliphatic heterocycles. The number of rotatable bonds is 8. The number of aliphatic hydroxyl groups is 2. The van der Waals surface area contributed by atoms with Crippen LogP contribution in [0, 0.1) is 5.92 Å². The summed E-state index contributed by atoms with van der Waals surface area (Å²) in [7, 11) is 0. The first-order valence-electron chi connectivity index (χ1n) is 9.62. The molecule has 1 heterocycles. The lowest BCUT2D eigenvalue weighted by Crippen LogP contribution is -2.67. The topological polar surface area (TPSA) is 128 Å². The molecule has 0 aromatic heterocycles. The van der Waals surface area contributed by atoms with Crippen molar-refractivity contribution in [2.75, 3.05) is 6.61 Å². The number of carboxylic acid groups (broad SMARTS) is 2. The summed E-state index contributed by atoms with van der Waals surface area (Å²) < 4.78 is 0. The standard InChI is InChI=1S/C21H31NO7/c1-19(2)12-21(28,15(18(26)27)10-17(24)25)13-20(3,4)22(19)29-16(11-23)14-8-6-5-7-9-14/h5-9,15-16,23,28H,10-13H2,1-4H3,(H,24,25)(H,26,27). The highest BCUT2D eigenvalue weighted by molar-refractivity contribution is 5.79. The molecule has 1 aromatic carbocycles. The van der Waals surface area contributed by atoms with Crippen LogP contribution in [0.3, 0.4) is 0 Å². The number of hydrogen-bond donors (Lipinski definition) is 4. The van der Waals surface area contributed by atoms with Crippen LogP contribution in [0.5, 0.6) is 0 Å². The molecule has 2 atom stereocenters. The Kier molecular flexibility index (Phi) is 6.74. The maximum absolute atomic E-state index is 11.8. The molecule has 0 aliphatic carbocycles. The monoisotopic (exact) mass is 409 g/mol. The molecular formula is C21H31NO7. The van der Waals surface area contributed by atoms with Crippen LogP contribution in [-0.4, -0.2) is 60.7 Å². The van der Waals surface area contributed by atoms with Gasteiger partial charge in [0.05, 0.1) is 24.5 Å². The normalized spacial score (nSPS) is 22.6. The smallest absolute Gasteiger partial charge is 0.310 e. The number of aliphatic hydroxyl groups excluding tert-OH is 1. The molecule has 0 spiro atoms. The fourth-order valence-electron chi connectivity index (χ4n) is 4.73. The molecule has 0 amide bonds. The number of hydrogen-bond acceptors (Lipinski definition) is 6. The van der Waals surface area contributed by atoms with Crippen molar-refractivity contribution in [3.63, 3.8) is 0 Å². The summed E-state index contributed by atoms with van der Waals surface area (Å²) in [5, 5.41) is 41.5. The van der Waals surface area contributed by atoms with Gasteiger partial charge in [0.2, 0.25) is 0 Å². The second kappa shape index (κ2) is 8.39. The van der Waals surface area contributed by atoms with E-state index in [4.69, 9.17) is 9.94 Å². The molecule has 1 fully saturated rings. The zero-order valence-corrected chi connectivity index (χ0v) is 17.3. The van der Waals surface area contributed by atoms with Gasteiger partial charge in [-0.3, -0.25) is 14.4 Å². The number of piperidine rings is 1. The zero-order valence-electron chi connectivity index (χ0n) is 17.3. The molecule has 0 radical (unpaired) electrons. The van der Waals surface area contributed by atoms with Gasteiger partial charge in [0, 0.05) is 11.1 Å². The number of nitrogens with zero attached hydrogens (tertiary/aromatic N) is 1. The van der Waals surface area contributed by atoms with Crippen molar-refractivity contribution in [1.82, 2.24) is 5.06 Å². The predicted octanol–water partition coefficient (Wildman–Crippen LogP) is 2.21. The first-order chi connectivity index (χ1) is 13.3. The Bertz CT molecular complexity index is 714. The summed E-state index contributed by atoms with van der Waals surface area (Å²) in [6, 6.07) is 9.23. The first-order valence-corrected chi connectivity index (χ1v) is 9.62. The van der Waals surface area contributed by atoms with Crippen molar-refractivity contribution in [3.8, 4) is 0 Å². The minimum Gasteiger partial charge on any atom is -0.481 e. The van der Waals surface area contributed by atoms with Gasteiger partial charge >= 0.3 is 11.9 Å². The summed E-state index contributed by atoms with van der Waals surface area (Å²) in [6.45, 7) is 6.96. The van der Waals surface area contributed by atoms with Crippen LogP contribution in [0.15, 0.2) is 30.3 Å². The van der Waals surface area contributed by atoms with Gasteiger partial charge < -0.3 is 20.4 Å². The minimum atomic E-state index is -1.72. The molecular weight excluding hydrogens is 378 g/mol. The Morgan fingerprint density at radius 2 is 1.59 bits per heavy atom. The molecule has 29 heavy (non-hydrogen) atoms. The Morgan fingerprint density at radius 3 is 2.00 bits per heavy atom. The predicted molar refractivity (Wildman–Crippen MR) is 105 cm³/mol. The van der Waals surface area contributed by atoms with Gasteiger partial charge in [-0.15, -0.1) is 0 Å². The van der Waals surface area contributed by atoms with E-state index in [1.54, 1.807) is 32.8 Å². The van der Waals surface area contributed by atoms with E-state index >= 15 is 0 Å². The van der Waals surface area contributed by atoms with Crippen LogP contribution >= 0.6 is 0 Å². The van der Waals surface area contributed by atoms with Gasteiger partial charge in [-0.2, -0.15) is 5.06 Å². The Labute approximate surface area is 170 Å². The first kappa shape index (κ1) is 23.3. The van der Waals surface area contributed by atoms with E-state index in [0.717, 1.165) is 5.56 Å². The summed E-state index contributed by atoms with van der Waals surface area (Å²) in [6.07, 6.45) is -1.29. The molecule has 1 saturated heterocycles. The second-order valence-electron chi connectivity index (χ2n) is 9.05. The van der Waals surface area contributed by atoms with Gasteiger partial charge in [-0.05, 0) is 46.1 Å². The Balaban J connectivity index is 2.35. The molecule has 0 saturated carbocycles. The molecule has 2 rings (SSSR count). The summed E-state index contributed by atoms with van der Waals surface area (Å²) in [5.74, 6) is -4.05. The van der Waals surface area contributed by atoms with E-state index in [1.165, 1.54) is 0 Å². The lowest BCUT2D eigenvalue weighted by Gasteiger charge is -2.58. The molecule has 1 aromatic rings. The molecule has 4 N–H and O–H groups in total. The number of aliphatic carboxylic acids is 2. The highest BCUT2D eigenvalue weighted by Crippen LogP contribution is 2.48. The molecule has 1 aliphatic rings. The van der Waals surface area contributed by atoms with E-state index in [2.05, 4.69) is 0 Å². The number of hydroxylamine groups is 2. The quantitative estimate of drug-likeness (QED) is 0.515. The third-order valence-electron chi connectivity index (χ3n) is 5.47. The molecule has 2 unspecified atom stereocenters. The highest BCUT2D eigenvalue weighted by atomic mass is 16.7. The van der Waals surface area contributed by atoms with Gasteiger partial charge in [0.25, 0.3) is 0 Å². The Hall–Kier alpha value is -2.00. The van der Waals surface area contributed by atoms with Crippen LogP contribution in [0.1, 0.15) is 58.6 Å². The van der Waals surface area contributed by atoms with E-state index < -0.39 is 47.1 Å². The highest BCUT2D eigenvalue weighted by Gasteiger charge is 2.57. The van der Waals surface area contributed by atoms with E-state index in [-0.39, 0.29) is 19.4 Å². The molecule has 8 nitrogen and oxygen atoms in total. The van der Waals surface area contributed by atoms with Crippen molar-refractivity contribution in [1.29, 1.82) is 0 Å². The number of carboxylic acids is 2. The second-order valence-corrected chi connectivity index (χ2v) is 9.05. The lowest BCUT2D eigenvalue weighted by molar-refractivity contribution is -0.334. The maximum Gasteiger partial charge on any atom is 0.310 e. The van der Waals surface area contributed by atoms with Crippen LogP contribution < -0.4 is 0 Å². The van der Waals surface area contributed by atoms with Crippen LogP contribution in [0.25, 0.3) is 0 Å². The van der Waals surface area contributed by atoms with Gasteiger partial charge in [-0.1, -0.05) is 30.3 Å². The van der Waals surface area contributed by atoms with Crippen LogP contribution in [0.4, 0.5) is 0 Å². The largest absolute Gasteiger partial charge is 0.481 e. The SMILES string of the molecule is CC1(C)CC(O)(C(CC(=O)O)C(=O)O)CC(C)(C)N1OC(CO)c1ccccc1. The fourth-order valence-corrected chi connectivity index (χ4v) is 4.73. The van der Waals surface area contributed by atoms with Crippen LogP contribution in [-0.2, 0) is 14.4 Å². The van der Waals surface area contributed by atoms with Gasteiger partial charge in [-0.25, -0.2) is 0 Å². The van der Waals surface area contributed by atoms with E-state index in [9.17, 15) is 24.9 Å². The van der Waals surface area contributed by atoms with Crippen molar-refractivity contribution >= 4 is 11.9 Å². The van der Waals surface area contributed by atoms with Crippen molar-refractivity contribution < 1.29 is 34.9 Å². The molecule has 0 bridgehead atoms. The third kappa shape index (κ3) is 5.14. The fraction of sp³-hybridized carbons (Fsp3) is 0.619. The number of benzene rings is 1. The van der Waals surface area contributed by atoms with Gasteiger partial charge in [0.1, 0.15) is 6.10 Å². The maximum atomic E-state index is 11.8. The lowest BCUT2D eigenvalue weighted by atomic mass is 9.66. The van der Waals surface area contributed by atoms with E-state index in [0.29, 0.717) is 0 Å². The van der Waals surface area contributed by atoms with Gasteiger partial charge in [0.15, 0.2) is 0 Å².